The summed E-state index contributed by atoms with van der Waals surface area (Å²) in [5, 5.41) is 22.6. The van der Waals surface area contributed by atoms with Gasteiger partial charge in [0.1, 0.15) is 18.1 Å². The second kappa shape index (κ2) is 14.9. The largest absolute Gasteiger partial charge is 0.384 e. The molecule has 1 aromatic carbocycles. The van der Waals surface area contributed by atoms with Gasteiger partial charge >= 0.3 is 0 Å². The van der Waals surface area contributed by atoms with Crippen molar-refractivity contribution in [3.05, 3.63) is 33.9 Å². The molecule has 1 aliphatic rings. The second-order valence-electron chi connectivity index (χ2n) is 9.56. The van der Waals surface area contributed by atoms with E-state index in [-0.39, 0.29) is 30.0 Å². The molecule has 210 valence electrons. The number of hydrogen-bond donors (Lipinski definition) is 6. The number of nitrogens with zero attached hydrogens (tertiary/aromatic N) is 1. The Hall–Kier alpha value is -3.74. The van der Waals surface area contributed by atoms with Crippen molar-refractivity contribution < 1.29 is 24.1 Å². The Morgan fingerprint density at radius 3 is 2.50 bits per heavy atom. The highest BCUT2D eigenvalue weighted by atomic mass is 16.6. The van der Waals surface area contributed by atoms with Crippen LogP contribution in [-0.2, 0) is 14.4 Å². The molecule has 0 spiro atoms. The van der Waals surface area contributed by atoms with Gasteiger partial charge in [-0.15, -0.1) is 0 Å². The number of carbonyl (C=O) groups is 4. The molecule has 13 heteroatoms. The summed E-state index contributed by atoms with van der Waals surface area (Å²) in [6.45, 7) is 4.44. The summed E-state index contributed by atoms with van der Waals surface area (Å²) >= 11 is 0. The Balaban J connectivity index is 2.47. The number of hydrogen-bond acceptors (Lipinski definition) is 8. The first-order valence-corrected chi connectivity index (χ1v) is 13.0. The standard InChI is InChI=1S/C25H39N7O6/c1-3-15(2)21-25(36)30-20(9-4-6-12-26)24(35)29-19(22(27)33)8-5-7-13-28-18-11-10-16(32(37)38)14-17(18)23(34)31-21/h10-11,14-15,19-21,28H,3-9,12-13,26H2,1-2H3,(H2,27,33)(H,29,35)(H,30,36)(H,31,34)/t15?,19-,20-,21-/m0/s1. The molecule has 4 amide bonds. The Kier molecular flexibility index (Phi) is 11.9. The molecule has 13 nitrogen and oxygen atoms in total. The van der Waals surface area contributed by atoms with Crippen LogP contribution in [0.5, 0.6) is 0 Å². The van der Waals surface area contributed by atoms with Crippen LogP contribution in [0, 0.1) is 16.0 Å². The van der Waals surface area contributed by atoms with E-state index in [4.69, 9.17) is 11.5 Å². The van der Waals surface area contributed by atoms with Crippen molar-refractivity contribution in [1.82, 2.24) is 16.0 Å². The lowest BCUT2D eigenvalue weighted by Gasteiger charge is -2.28. The minimum absolute atomic E-state index is 0.0275. The minimum atomic E-state index is -1.02. The summed E-state index contributed by atoms with van der Waals surface area (Å²) in [6, 6.07) is 1.00. The number of rotatable bonds is 8. The van der Waals surface area contributed by atoms with Gasteiger partial charge < -0.3 is 32.7 Å². The number of carbonyl (C=O) groups excluding carboxylic acids is 4. The zero-order valence-corrected chi connectivity index (χ0v) is 22.0. The van der Waals surface area contributed by atoms with E-state index in [1.165, 1.54) is 18.2 Å². The molecule has 0 bridgehead atoms. The average molecular weight is 534 g/mol. The number of amides is 4. The third kappa shape index (κ3) is 8.68. The lowest BCUT2D eigenvalue weighted by atomic mass is 9.96. The topological polar surface area (TPSA) is 212 Å². The van der Waals surface area contributed by atoms with E-state index in [0.717, 1.165) is 0 Å². The van der Waals surface area contributed by atoms with Crippen molar-refractivity contribution in [1.29, 1.82) is 0 Å². The lowest BCUT2D eigenvalue weighted by molar-refractivity contribution is -0.384. The lowest BCUT2D eigenvalue weighted by Crippen LogP contribution is -2.57. The van der Waals surface area contributed by atoms with E-state index < -0.39 is 46.7 Å². The molecule has 0 aromatic heterocycles. The van der Waals surface area contributed by atoms with Gasteiger partial charge in [0.15, 0.2) is 0 Å². The van der Waals surface area contributed by atoms with Gasteiger partial charge in [0.2, 0.25) is 17.7 Å². The van der Waals surface area contributed by atoms with Crippen LogP contribution in [0.25, 0.3) is 0 Å². The molecule has 0 fully saturated rings. The fourth-order valence-corrected chi connectivity index (χ4v) is 4.19. The van der Waals surface area contributed by atoms with Gasteiger partial charge in [-0.05, 0) is 57.1 Å². The number of nitro groups is 1. The van der Waals surface area contributed by atoms with Crippen LogP contribution in [0.3, 0.4) is 0 Å². The number of unbranched alkanes of at least 4 members (excludes halogenated alkanes) is 1. The molecule has 8 N–H and O–H groups in total. The molecule has 1 unspecified atom stereocenters. The SMILES string of the molecule is CCC(C)[C@@H]1NC(=O)c2cc([N+](=O)[O-])ccc2NCCCC[C@@H](C(N)=O)NC(=O)[C@H](CCCCN)NC1=O. The van der Waals surface area contributed by atoms with Crippen LogP contribution in [0.2, 0.25) is 0 Å². The molecule has 0 radical (unpaired) electrons. The third-order valence-corrected chi connectivity index (χ3v) is 6.72. The summed E-state index contributed by atoms with van der Waals surface area (Å²) in [5.74, 6) is -2.77. The highest BCUT2D eigenvalue weighted by Gasteiger charge is 2.32. The molecular formula is C25H39N7O6. The molecular weight excluding hydrogens is 494 g/mol. The van der Waals surface area contributed by atoms with Crippen molar-refractivity contribution in [3.63, 3.8) is 0 Å². The third-order valence-electron chi connectivity index (χ3n) is 6.72. The minimum Gasteiger partial charge on any atom is -0.384 e. The van der Waals surface area contributed by atoms with E-state index >= 15 is 0 Å². The van der Waals surface area contributed by atoms with Crippen LogP contribution in [-0.4, -0.2) is 59.8 Å². The molecule has 0 saturated carbocycles. The first kappa shape index (κ1) is 30.5. The molecule has 1 aromatic rings. The Bertz CT molecular complexity index is 1020. The highest BCUT2D eigenvalue weighted by molar-refractivity contribution is 6.03. The molecule has 38 heavy (non-hydrogen) atoms. The van der Waals surface area contributed by atoms with Gasteiger partial charge in [-0.3, -0.25) is 29.3 Å². The van der Waals surface area contributed by atoms with Crippen LogP contribution >= 0.6 is 0 Å². The first-order valence-electron chi connectivity index (χ1n) is 13.0. The number of nitrogens with one attached hydrogen (secondary N) is 4. The number of nitrogens with two attached hydrogens (primary N) is 2. The summed E-state index contributed by atoms with van der Waals surface area (Å²) in [7, 11) is 0. The molecule has 4 atom stereocenters. The van der Waals surface area contributed by atoms with Gasteiger partial charge in [0.05, 0.1) is 10.5 Å². The molecule has 2 rings (SSSR count). The average Bonchev–Trinajstić information content (AvgIpc) is 2.88. The van der Waals surface area contributed by atoms with Crippen molar-refractivity contribution in [3.8, 4) is 0 Å². The quantitative estimate of drug-likeness (QED) is 0.160. The monoisotopic (exact) mass is 533 g/mol. The highest BCUT2D eigenvalue weighted by Crippen LogP contribution is 2.23. The normalized spacial score (nSPS) is 22.2. The Morgan fingerprint density at radius 2 is 1.87 bits per heavy atom. The fraction of sp³-hybridized carbons (Fsp3) is 0.600. The zero-order chi connectivity index (χ0) is 28.2. The van der Waals surface area contributed by atoms with Crippen molar-refractivity contribution in [2.24, 2.45) is 17.4 Å². The van der Waals surface area contributed by atoms with E-state index in [1.54, 1.807) is 6.92 Å². The van der Waals surface area contributed by atoms with Crippen molar-refractivity contribution in [2.75, 3.05) is 18.4 Å². The number of non-ortho nitro benzene ring substituents is 1. The molecule has 1 aliphatic heterocycles. The summed E-state index contributed by atoms with van der Waals surface area (Å²) in [4.78, 5) is 62.6. The van der Waals surface area contributed by atoms with E-state index in [9.17, 15) is 29.3 Å². The van der Waals surface area contributed by atoms with Gasteiger partial charge in [-0.1, -0.05) is 20.3 Å². The molecule has 0 saturated heterocycles. The maximum absolute atomic E-state index is 13.4. The zero-order valence-electron chi connectivity index (χ0n) is 22.0. The fourth-order valence-electron chi connectivity index (χ4n) is 4.19. The Morgan fingerprint density at radius 1 is 1.13 bits per heavy atom. The number of fused-ring (bicyclic) bond motifs is 1. The predicted molar refractivity (Wildman–Crippen MR) is 142 cm³/mol. The van der Waals surface area contributed by atoms with E-state index in [2.05, 4.69) is 21.3 Å². The number of nitro benzene ring substituents is 1. The van der Waals surface area contributed by atoms with Crippen LogP contribution in [0.4, 0.5) is 11.4 Å². The van der Waals surface area contributed by atoms with Gasteiger partial charge in [-0.2, -0.15) is 0 Å². The number of anilines is 1. The van der Waals surface area contributed by atoms with E-state index in [0.29, 0.717) is 50.9 Å². The van der Waals surface area contributed by atoms with Crippen molar-refractivity contribution >= 4 is 35.0 Å². The van der Waals surface area contributed by atoms with Crippen molar-refractivity contribution in [2.45, 2.75) is 76.9 Å². The predicted octanol–water partition coefficient (Wildman–Crippen LogP) is 0.919. The van der Waals surface area contributed by atoms with Gasteiger partial charge in [0, 0.05) is 24.4 Å². The van der Waals surface area contributed by atoms with Gasteiger partial charge in [-0.25, -0.2) is 0 Å². The maximum Gasteiger partial charge on any atom is 0.270 e. The summed E-state index contributed by atoms with van der Waals surface area (Å²) in [5.41, 5.74) is 11.3. The second-order valence-corrected chi connectivity index (χ2v) is 9.56. The molecule has 0 aliphatic carbocycles. The summed E-state index contributed by atoms with van der Waals surface area (Å²) < 4.78 is 0. The van der Waals surface area contributed by atoms with Crippen LogP contribution in [0.1, 0.15) is 69.2 Å². The Labute approximate surface area is 222 Å². The smallest absolute Gasteiger partial charge is 0.270 e. The number of primary amides is 1. The molecule has 1 heterocycles. The summed E-state index contributed by atoms with van der Waals surface area (Å²) in [6.07, 6.45) is 3.38. The maximum atomic E-state index is 13.4. The van der Waals surface area contributed by atoms with Crippen LogP contribution < -0.4 is 32.7 Å². The first-order chi connectivity index (χ1) is 18.1. The number of benzene rings is 1. The van der Waals surface area contributed by atoms with Gasteiger partial charge in [0.25, 0.3) is 11.6 Å². The van der Waals surface area contributed by atoms with Crippen LogP contribution in [0.15, 0.2) is 18.2 Å². The van der Waals surface area contributed by atoms with E-state index in [1.807, 2.05) is 6.92 Å².